The average molecular weight is 476 g/mol. The van der Waals surface area contributed by atoms with E-state index in [0.29, 0.717) is 36.6 Å². The molecule has 5 rings (SSSR count). The first-order valence-electron chi connectivity index (χ1n) is 11.3. The van der Waals surface area contributed by atoms with Gasteiger partial charge in [0.05, 0.1) is 0 Å². The lowest BCUT2D eigenvalue weighted by Crippen LogP contribution is -2.52. The summed E-state index contributed by atoms with van der Waals surface area (Å²) >= 11 is 1.36. The number of piperazine rings is 1. The molecule has 1 aromatic heterocycles. The predicted molar refractivity (Wildman–Crippen MR) is 131 cm³/mol. The van der Waals surface area contributed by atoms with Gasteiger partial charge in [-0.2, -0.15) is 0 Å². The monoisotopic (exact) mass is 475 g/mol. The maximum atomic E-state index is 12.8. The summed E-state index contributed by atoms with van der Waals surface area (Å²) in [6.07, 6.45) is 2.10. The van der Waals surface area contributed by atoms with Crippen LogP contribution >= 0.6 is 11.3 Å². The van der Waals surface area contributed by atoms with Crippen molar-refractivity contribution in [1.29, 1.82) is 0 Å². The molecular formula is C25H25N5O3S. The molecule has 34 heavy (non-hydrogen) atoms. The quantitative estimate of drug-likeness (QED) is 0.613. The number of nitrogens with one attached hydrogen (secondary N) is 1. The second kappa shape index (κ2) is 9.74. The highest BCUT2D eigenvalue weighted by Gasteiger charge is 2.36. The first-order valence-corrected chi connectivity index (χ1v) is 12.2. The maximum Gasteiger partial charge on any atom is 0.282 e. The Balaban J connectivity index is 1.17. The molecule has 3 aromatic rings. The summed E-state index contributed by atoms with van der Waals surface area (Å²) in [5.74, 6) is -0.128. The molecule has 174 valence electrons. The Morgan fingerprint density at radius 3 is 2.38 bits per heavy atom. The number of hydrogen-bond donors (Lipinski definition) is 1. The molecule has 2 aliphatic rings. The van der Waals surface area contributed by atoms with Crippen LogP contribution in [0.5, 0.6) is 0 Å². The summed E-state index contributed by atoms with van der Waals surface area (Å²) < 4.78 is 0. The van der Waals surface area contributed by atoms with Crippen molar-refractivity contribution in [2.45, 2.75) is 12.5 Å². The van der Waals surface area contributed by atoms with Crippen molar-refractivity contribution in [1.82, 2.24) is 14.8 Å². The SMILES string of the molecule is O=C(Nc1ccccc1)c1ccc(N2CC(N3CCN(C(=O)c4nccs4)CC3)CC2=O)cc1. The summed E-state index contributed by atoms with van der Waals surface area (Å²) in [7, 11) is 0. The van der Waals surface area contributed by atoms with Crippen LogP contribution in [0.25, 0.3) is 0 Å². The van der Waals surface area contributed by atoms with E-state index in [1.165, 1.54) is 11.3 Å². The molecule has 1 N–H and O–H groups in total. The van der Waals surface area contributed by atoms with Crippen molar-refractivity contribution < 1.29 is 14.4 Å². The van der Waals surface area contributed by atoms with E-state index in [1.807, 2.05) is 52.7 Å². The van der Waals surface area contributed by atoms with Crippen LogP contribution in [-0.4, -0.2) is 71.3 Å². The summed E-state index contributed by atoms with van der Waals surface area (Å²) in [6.45, 7) is 3.35. The van der Waals surface area contributed by atoms with Gasteiger partial charge in [-0.25, -0.2) is 4.98 Å². The Hall–Kier alpha value is -3.56. The van der Waals surface area contributed by atoms with Gasteiger partial charge >= 0.3 is 0 Å². The average Bonchev–Trinajstić information content (AvgIpc) is 3.55. The number of hydrogen-bond acceptors (Lipinski definition) is 6. The predicted octanol–water partition coefficient (Wildman–Crippen LogP) is 2.96. The lowest BCUT2D eigenvalue weighted by Gasteiger charge is -2.37. The van der Waals surface area contributed by atoms with Crippen molar-refractivity contribution in [3.8, 4) is 0 Å². The zero-order valence-corrected chi connectivity index (χ0v) is 19.4. The number of amides is 3. The standard InChI is InChI=1S/C25H25N5O3S/c31-22-16-21(28-11-13-29(14-12-28)25(33)24-26-10-15-34-24)17-30(22)20-8-6-18(7-9-20)23(32)27-19-4-2-1-3-5-19/h1-10,15,21H,11-14,16-17H2,(H,27,32). The van der Waals surface area contributed by atoms with E-state index in [9.17, 15) is 14.4 Å². The summed E-state index contributed by atoms with van der Waals surface area (Å²) in [5.41, 5.74) is 2.07. The largest absolute Gasteiger partial charge is 0.334 e. The minimum absolute atomic E-state index is 0.0184. The van der Waals surface area contributed by atoms with E-state index in [2.05, 4.69) is 15.2 Å². The van der Waals surface area contributed by atoms with Crippen LogP contribution in [-0.2, 0) is 4.79 Å². The third-order valence-electron chi connectivity index (χ3n) is 6.31. The maximum absolute atomic E-state index is 12.8. The number of aromatic nitrogens is 1. The highest BCUT2D eigenvalue weighted by molar-refractivity contribution is 7.11. The topological polar surface area (TPSA) is 85.8 Å². The fourth-order valence-electron chi connectivity index (χ4n) is 4.45. The number of carbonyl (C=O) groups excluding carboxylic acids is 3. The zero-order chi connectivity index (χ0) is 23.5. The lowest BCUT2D eigenvalue weighted by atomic mass is 10.1. The molecule has 0 radical (unpaired) electrons. The molecular weight excluding hydrogens is 450 g/mol. The van der Waals surface area contributed by atoms with Gasteiger partial charge in [0.1, 0.15) is 0 Å². The van der Waals surface area contributed by atoms with Crippen molar-refractivity contribution in [3.63, 3.8) is 0 Å². The molecule has 2 aromatic carbocycles. The number of nitrogens with zero attached hydrogens (tertiary/aromatic N) is 4. The molecule has 8 nitrogen and oxygen atoms in total. The minimum Gasteiger partial charge on any atom is -0.334 e. The van der Waals surface area contributed by atoms with Crippen LogP contribution in [0.2, 0.25) is 0 Å². The van der Waals surface area contributed by atoms with Crippen LogP contribution in [0.15, 0.2) is 66.2 Å². The van der Waals surface area contributed by atoms with E-state index in [1.54, 1.807) is 23.2 Å². The first kappa shape index (κ1) is 22.2. The highest BCUT2D eigenvalue weighted by Crippen LogP contribution is 2.26. The molecule has 1 unspecified atom stereocenters. The van der Waals surface area contributed by atoms with Gasteiger partial charge < -0.3 is 15.1 Å². The summed E-state index contributed by atoms with van der Waals surface area (Å²) in [5, 5.41) is 5.20. The molecule has 2 fully saturated rings. The second-order valence-electron chi connectivity index (χ2n) is 8.39. The van der Waals surface area contributed by atoms with Gasteiger partial charge in [0.25, 0.3) is 11.8 Å². The van der Waals surface area contributed by atoms with Gasteiger partial charge in [0.2, 0.25) is 5.91 Å². The fraction of sp³-hybridized carbons (Fsp3) is 0.280. The summed E-state index contributed by atoms with van der Waals surface area (Å²) in [4.78, 5) is 47.8. The Bertz CT molecular complexity index is 1160. The molecule has 1 atom stereocenters. The number of para-hydroxylation sites is 1. The molecule has 0 aliphatic carbocycles. The molecule has 2 saturated heterocycles. The third-order valence-corrected chi connectivity index (χ3v) is 7.07. The number of anilines is 2. The number of thiazole rings is 1. The molecule has 2 aliphatic heterocycles. The molecule has 9 heteroatoms. The molecule has 0 saturated carbocycles. The van der Waals surface area contributed by atoms with E-state index < -0.39 is 0 Å². The molecule has 3 heterocycles. The minimum atomic E-state index is -0.187. The van der Waals surface area contributed by atoms with Crippen LogP contribution in [0, 0.1) is 0 Å². The van der Waals surface area contributed by atoms with E-state index in [-0.39, 0.29) is 23.8 Å². The van der Waals surface area contributed by atoms with Gasteiger partial charge in [0.15, 0.2) is 5.01 Å². The third kappa shape index (κ3) is 4.71. The highest BCUT2D eigenvalue weighted by atomic mass is 32.1. The van der Waals surface area contributed by atoms with E-state index >= 15 is 0 Å². The second-order valence-corrected chi connectivity index (χ2v) is 9.29. The normalized spacial score (nSPS) is 18.8. The molecule has 0 spiro atoms. The van der Waals surface area contributed by atoms with Crippen molar-refractivity contribution in [3.05, 3.63) is 76.7 Å². The Morgan fingerprint density at radius 1 is 0.971 bits per heavy atom. The smallest absolute Gasteiger partial charge is 0.282 e. The fourth-order valence-corrected chi connectivity index (χ4v) is 5.06. The Kier molecular flexibility index (Phi) is 6.37. The zero-order valence-electron chi connectivity index (χ0n) is 18.6. The number of benzene rings is 2. The summed E-state index contributed by atoms with van der Waals surface area (Å²) in [6, 6.07) is 16.6. The van der Waals surface area contributed by atoms with Gasteiger partial charge in [-0.3, -0.25) is 19.3 Å². The van der Waals surface area contributed by atoms with Crippen molar-refractivity contribution in [2.24, 2.45) is 0 Å². The first-order chi connectivity index (χ1) is 16.6. The van der Waals surface area contributed by atoms with Crippen LogP contribution in [0.1, 0.15) is 26.6 Å². The van der Waals surface area contributed by atoms with Crippen molar-refractivity contribution >= 4 is 40.4 Å². The van der Waals surface area contributed by atoms with Gasteiger partial charge in [-0.1, -0.05) is 18.2 Å². The molecule has 0 bridgehead atoms. The molecule has 3 amide bonds. The Labute approximate surface area is 201 Å². The van der Waals surface area contributed by atoms with Crippen LogP contribution in [0.3, 0.4) is 0 Å². The lowest BCUT2D eigenvalue weighted by molar-refractivity contribution is -0.117. The van der Waals surface area contributed by atoms with Gasteiger partial charge in [0, 0.05) is 73.7 Å². The van der Waals surface area contributed by atoms with Crippen LogP contribution in [0.4, 0.5) is 11.4 Å². The number of carbonyl (C=O) groups is 3. The van der Waals surface area contributed by atoms with E-state index in [0.717, 1.165) is 24.5 Å². The van der Waals surface area contributed by atoms with Gasteiger partial charge in [-0.15, -0.1) is 11.3 Å². The van der Waals surface area contributed by atoms with Gasteiger partial charge in [-0.05, 0) is 36.4 Å². The van der Waals surface area contributed by atoms with E-state index in [4.69, 9.17) is 0 Å². The van der Waals surface area contributed by atoms with Crippen molar-refractivity contribution in [2.75, 3.05) is 42.9 Å². The van der Waals surface area contributed by atoms with Crippen LogP contribution < -0.4 is 10.2 Å². The number of rotatable bonds is 5. The Morgan fingerprint density at radius 2 is 1.71 bits per heavy atom.